The molecule has 0 aromatic heterocycles. The molecule has 0 fully saturated rings. The molecule has 0 saturated carbocycles. The van der Waals surface area contributed by atoms with Gasteiger partial charge in [-0.2, -0.15) is 5.26 Å². The molecule has 0 spiro atoms. The summed E-state index contributed by atoms with van der Waals surface area (Å²) in [6.45, 7) is -0.231. The molecular formula is C25H20ClN3O4. The van der Waals surface area contributed by atoms with Gasteiger partial charge in [-0.3, -0.25) is 9.59 Å². The normalized spacial score (nSPS) is 10.6. The van der Waals surface area contributed by atoms with E-state index in [1.165, 1.54) is 13.2 Å². The Morgan fingerprint density at radius 2 is 1.82 bits per heavy atom. The van der Waals surface area contributed by atoms with Gasteiger partial charge in [0.2, 0.25) is 0 Å². The van der Waals surface area contributed by atoms with Crippen LogP contribution in [-0.2, 0) is 9.59 Å². The fourth-order valence-electron chi connectivity index (χ4n) is 2.86. The lowest BCUT2D eigenvalue weighted by Gasteiger charge is -2.11. The highest BCUT2D eigenvalue weighted by Crippen LogP contribution is 2.23. The third-order valence-corrected chi connectivity index (χ3v) is 4.60. The van der Waals surface area contributed by atoms with Crippen LogP contribution in [0.1, 0.15) is 5.56 Å². The van der Waals surface area contributed by atoms with E-state index >= 15 is 0 Å². The lowest BCUT2D eigenvalue weighted by molar-refractivity contribution is -0.118. The number of hydrogen-bond acceptors (Lipinski definition) is 5. The molecule has 0 aliphatic carbocycles. The molecule has 8 heteroatoms. The Kier molecular flexibility index (Phi) is 8.06. The van der Waals surface area contributed by atoms with Crippen molar-refractivity contribution >= 4 is 40.9 Å². The minimum atomic E-state index is -0.567. The summed E-state index contributed by atoms with van der Waals surface area (Å²) in [6, 6.07) is 22.3. The van der Waals surface area contributed by atoms with E-state index < -0.39 is 5.91 Å². The van der Waals surface area contributed by atoms with Gasteiger partial charge >= 0.3 is 0 Å². The van der Waals surface area contributed by atoms with Gasteiger partial charge < -0.3 is 20.1 Å². The number of halogens is 1. The van der Waals surface area contributed by atoms with Gasteiger partial charge in [-0.1, -0.05) is 41.9 Å². The lowest BCUT2D eigenvalue weighted by Crippen LogP contribution is -2.20. The first kappa shape index (κ1) is 23.4. The van der Waals surface area contributed by atoms with Gasteiger partial charge in [-0.25, -0.2) is 0 Å². The van der Waals surface area contributed by atoms with Crippen molar-refractivity contribution in [2.45, 2.75) is 0 Å². The molecule has 2 amide bonds. The van der Waals surface area contributed by atoms with Crippen LogP contribution in [0.15, 0.2) is 78.4 Å². The van der Waals surface area contributed by atoms with E-state index in [-0.39, 0.29) is 18.1 Å². The van der Waals surface area contributed by atoms with Crippen LogP contribution in [-0.4, -0.2) is 25.5 Å². The quantitative estimate of drug-likeness (QED) is 0.366. The van der Waals surface area contributed by atoms with Crippen molar-refractivity contribution in [2.75, 3.05) is 24.4 Å². The van der Waals surface area contributed by atoms with Gasteiger partial charge in [0.05, 0.1) is 12.8 Å². The van der Waals surface area contributed by atoms with Crippen LogP contribution in [0.5, 0.6) is 11.5 Å². The van der Waals surface area contributed by atoms with E-state index in [1.54, 1.807) is 72.8 Å². The second-order valence-corrected chi connectivity index (χ2v) is 7.18. The van der Waals surface area contributed by atoms with Gasteiger partial charge in [0.1, 0.15) is 23.1 Å². The van der Waals surface area contributed by atoms with E-state index in [9.17, 15) is 14.9 Å². The number of nitrogens with one attached hydrogen (secondary N) is 2. The smallest absolute Gasteiger partial charge is 0.266 e. The predicted molar refractivity (Wildman–Crippen MR) is 127 cm³/mol. The van der Waals surface area contributed by atoms with Gasteiger partial charge in [0.15, 0.2) is 6.61 Å². The van der Waals surface area contributed by atoms with Crippen molar-refractivity contribution in [3.63, 3.8) is 0 Å². The fraction of sp³-hybridized carbons (Fsp3) is 0.0800. The minimum Gasteiger partial charge on any atom is -0.495 e. The molecule has 0 unspecified atom stereocenters. The van der Waals surface area contributed by atoms with Crippen molar-refractivity contribution < 1.29 is 19.1 Å². The van der Waals surface area contributed by atoms with E-state index in [0.717, 1.165) is 0 Å². The van der Waals surface area contributed by atoms with Crippen LogP contribution in [0.4, 0.5) is 11.4 Å². The van der Waals surface area contributed by atoms with Crippen LogP contribution in [0.3, 0.4) is 0 Å². The van der Waals surface area contributed by atoms with E-state index in [4.69, 9.17) is 21.1 Å². The summed E-state index contributed by atoms with van der Waals surface area (Å²) in [5.74, 6) is 0.0193. The number of amides is 2. The Morgan fingerprint density at radius 3 is 2.58 bits per heavy atom. The van der Waals surface area contributed by atoms with Gasteiger partial charge in [-0.05, 0) is 54.1 Å². The number of nitriles is 1. The number of hydrogen-bond donors (Lipinski definition) is 2. The lowest BCUT2D eigenvalue weighted by atomic mass is 10.1. The van der Waals surface area contributed by atoms with Crippen LogP contribution in [0.2, 0.25) is 5.02 Å². The number of para-hydroxylation sites is 2. The summed E-state index contributed by atoms with van der Waals surface area (Å²) in [5, 5.41) is 15.2. The highest BCUT2D eigenvalue weighted by Gasteiger charge is 2.11. The van der Waals surface area contributed by atoms with Gasteiger partial charge in [0.25, 0.3) is 11.8 Å². The zero-order valence-electron chi connectivity index (χ0n) is 17.7. The maximum atomic E-state index is 12.4. The average molecular weight is 462 g/mol. The molecular weight excluding hydrogens is 442 g/mol. The number of anilines is 2. The summed E-state index contributed by atoms with van der Waals surface area (Å²) in [7, 11) is 1.52. The molecule has 0 heterocycles. The highest BCUT2D eigenvalue weighted by molar-refractivity contribution is 6.31. The molecule has 33 heavy (non-hydrogen) atoms. The van der Waals surface area contributed by atoms with Crippen LogP contribution >= 0.6 is 11.6 Å². The third kappa shape index (κ3) is 6.86. The Balaban J connectivity index is 1.64. The Labute approximate surface area is 196 Å². The van der Waals surface area contributed by atoms with E-state index in [0.29, 0.717) is 33.5 Å². The molecule has 0 bridgehead atoms. The van der Waals surface area contributed by atoms with E-state index in [2.05, 4.69) is 10.6 Å². The number of ether oxygens (including phenoxy) is 2. The molecule has 2 N–H and O–H groups in total. The highest BCUT2D eigenvalue weighted by atomic mass is 35.5. The van der Waals surface area contributed by atoms with Gasteiger partial charge in [0, 0.05) is 10.7 Å². The summed E-state index contributed by atoms with van der Waals surface area (Å²) in [6.07, 6.45) is 1.43. The number of carbonyl (C=O) groups excluding carboxylic acids is 2. The van der Waals surface area contributed by atoms with Crippen LogP contribution in [0, 0.1) is 11.3 Å². The number of nitrogens with zero attached hydrogens (tertiary/aromatic N) is 1. The SMILES string of the molecule is COc1ccccc1NC(=O)COc1cccc(C=C(C#N)C(=O)Nc2cccc(Cl)c2)c1. The van der Waals surface area contributed by atoms with Crippen molar-refractivity contribution in [2.24, 2.45) is 0 Å². The molecule has 0 aliphatic heterocycles. The third-order valence-electron chi connectivity index (χ3n) is 4.37. The Hall–Kier alpha value is -4.28. The van der Waals surface area contributed by atoms with Crippen molar-refractivity contribution in [1.82, 2.24) is 0 Å². The maximum Gasteiger partial charge on any atom is 0.266 e. The second-order valence-electron chi connectivity index (χ2n) is 6.74. The molecule has 0 radical (unpaired) electrons. The van der Waals surface area contributed by atoms with Gasteiger partial charge in [-0.15, -0.1) is 0 Å². The number of methoxy groups -OCH3 is 1. The molecule has 7 nitrogen and oxygen atoms in total. The summed E-state index contributed by atoms with van der Waals surface area (Å²) in [5.41, 5.74) is 1.48. The first-order chi connectivity index (χ1) is 16.0. The van der Waals surface area contributed by atoms with Crippen molar-refractivity contribution in [1.29, 1.82) is 5.26 Å². The number of rotatable bonds is 8. The molecule has 0 aliphatic rings. The summed E-state index contributed by atoms with van der Waals surface area (Å²) in [4.78, 5) is 24.7. The largest absolute Gasteiger partial charge is 0.495 e. The standard InChI is InChI=1S/C25H20ClN3O4/c1-32-23-11-3-2-10-22(23)29-24(30)16-33-21-9-4-6-17(13-21)12-18(15-27)25(31)28-20-8-5-7-19(26)14-20/h2-14H,16H2,1H3,(H,28,31)(H,29,30). The van der Waals surface area contributed by atoms with Crippen molar-refractivity contribution in [3.8, 4) is 17.6 Å². The summed E-state index contributed by atoms with van der Waals surface area (Å²) < 4.78 is 10.8. The molecule has 3 aromatic rings. The monoisotopic (exact) mass is 461 g/mol. The zero-order valence-corrected chi connectivity index (χ0v) is 18.4. The van der Waals surface area contributed by atoms with Crippen molar-refractivity contribution in [3.05, 3.63) is 89.0 Å². The second kappa shape index (κ2) is 11.4. The Morgan fingerprint density at radius 1 is 1.03 bits per heavy atom. The molecule has 3 aromatic carbocycles. The number of benzene rings is 3. The van der Waals surface area contributed by atoms with Crippen LogP contribution in [0.25, 0.3) is 6.08 Å². The molecule has 0 saturated heterocycles. The first-order valence-corrected chi connectivity index (χ1v) is 10.2. The number of carbonyl (C=O) groups is 2. The van der Waals surface area contributed by atoms with E-state index in [1.807, 2.05) is 6.07 Å². The average Bonchev–Trinajstić information content (AvgIpc) is 2.82. The Bertz CT molecular complexity index is 1230. The predicted octanol–water partition coefficient (Wildman–Crippen LogP) is 4.91. The maximum absolute atomic E-state index is 12.4. The minimum absolute atomic E-state index is 0.0963. The fourth-order valence-corrected chi connectivity index (χ4v) is 3.05. The van der Waals surface area contributed by atoms with Crippen LogP contribution < -0.4 is 20.1 Å². The first-order valence-electron chi connectivity index (χ1n) is 9.83. The molecule has 0 atom stereocenters. The summed E-state index contributed by atoms with van der Waals surface area (Å²) >= 11 is 5.92. The topological polar surface area (TPSA) is 100 Å². The molecule has 3 rings (SSSR count). The zero-order chi connectivity index (χ0) is 23.6. The molecule has 166 valence electrons.